The predicted molar refractivity (Wildman–Crippen MR) is 102 cm³/mol. The van der Waals surface area contributed by atoms with Crippen LogP contribution in [0.2, 0.25) is 0 Å². The standard InChI is InChI=1S/C23H26N/c1-17(2)14-19-11-13-23(24(4)16-19)22-15-21(12-10-18(22)3)20-8-6-5-7-9-20/h5-13,15-17H,14H2,1-4H3/q+1. The second-order valence-electron chi connectivity index (χ2n) is 7.03. The summed E-state index contributed by atoms with van der Waals surface area (Å²) < 4.78 is 2.26. The lowest BCUT2D eigenvalue weighted by atomic mass is 9.97. The first kappa shape index (κ1) is 16.4. The molecule has 24 heavy (non-hydrogen) atoms. The Morgan fingerprint density at radius 3 is 2.29 bits per heavy atom. The Labute approximate surface area is 145 Å². The highest BCUT2D eigenvalue weighted by molar-refractivity contribution is 5.72. The van der Waals surface area contributed by atoms with Crippen molar-refractivity contribution >= 4 is 0 Å². The van der Waals surface area contributed by atoms with Crippen molar-refractivity contribution in [2.24, 2.45) is 13.0 Å². The molecule has 3 rings (SSSR count). The summed E-state index contributed by atoms with van der Waals surface area (Å²) in [5.41, 5.74) is 7.79. The fourth-order valence-corrected chi connectivity index (χ4v) is 3.24. The van der Waals surface area contributed by atoms with Gasteiger partial charge in [0.25, 0.3) is 0 Å². The van der Waals surface area contributed by atoms with Crippen LogP contribution in [0.15, 0.2) is 66.9 Å². The highest BCUT2D eigenvalue weighted by Crippen LogP contribution is 2.27. The average Bonchev–Trinajstić information content (AvgIpc) is 2.56. The van der Waals surface area contributed by atoms with Crippen molar-refractivity contribution in [2.45, 2.75) is 27.2 Å². The zero-order chi connectivity index (χ0) is 17.1. The molecule has 2 aromatic carbocycles. The largest absolute Gasteiger partial charge is 0.212 e. The zero-order valence-electron chi connectivity index (χ0n) is 15.1. The summed E-state index contributed by atoms with van der Waals surface area (Å²) in [7, 11) is 2.15. The van der Waals surface area contributed by atoms with Gasteiger partial charge in [-0.15, -0.1) is 0 Å². The lowest BCUT2D eigenvalue weighted by Crippen LogP contribution is -2.31. The van der Waals surface area contributed by atoms with E-state index in [1.165, 1.54) is 33.5 Å². The van der Waals surface area contributed by atoms with Crippen LogP contribution >= 0.6 is 0 Å². The van der Waals surface area contributed by atoms with E-state index in [0.29, 0.717) is 5.92 Å². The van der Waals surface area contributed by atoms with Gasteiger partial charge in [0.1, 0.15) is 7.05 Å². The Balaban J connectivity index is 2.03. The molecule has 0 bridgehead atoms. The van der Waals surface area contributed by atoms with Crippen LogP contribution in [0.25, 0.3) is 22.4 Å². The molecule has 0 amide bonds. The van der Waals surface area contributed by atoms with Gasteiger partial charge in [-0.1, -0.05) is 56.3 Å². The van der Waals surface area contributed by atoms with Crippen molar-refractivity contribution in [3.05, 3.63) is 78.0 Å². The van der Waals surface area contributed by atoms with Crippen LogP contribution in [0.5, 0.6) is 0 Å². The molecule has 0 aliphatic carbocycles. The topological polar surface area (TPSA) is 3.88 Å². The van der Waals surface area contributed by atoms with E-state index in [1.54, 1.807) is 0 Å². The summed E-state index contributed by atoms with van der Waals surface area (Å²) in [6.45, 7) is 6.72. The first-order valence-corrected chi connectivity index (χ1v) is 8.69. The van der Waals surface area contributed by atoms with Gasteiger partial charge >= 0.3 is 0 Å². The quantitative estimate of drug-likeness (QED) is 0.571. The summed E-state index contributed by atoms with van der Waals surface area (Å²) in [4.78, 5) is 0. The fraction of sp³-hybridized carbons (Fsp3) is 0.261. The number of pyridine rings is 1. The maximum absolute atomic E-state index is 2.31. The van der Waals surface area contributed by atoms with Crippen molar-refractivity contribution in [1.82, 2.24) is 0 Å². The number of rotatable bonds is 4. The molecule has 1 heteroatoms. The van der Waals surface area contributed by atoms with E-state index in [4.69, 9.17) is 0 Å². The summed E-state index contributed by atoms with van der Waals surface area (Å²) in [6, 6.07) is 21.8. The van der Waals surface area contributed by atoms with Crippen molar-refractivity contribution in [3.8, 4) is 22.4 Å². The molecule has 0 unspecified atom stereocenters. The molecule has 0 saturated heterocycles. The molecule has 0 atom stereocenters. The Morgan fingerprint density at radius 2 is 1.62 bits per heavy atom. The third-order valence-corrected chi connectivity index (χ3v) is 4.46. The molecule has 0 spiro atoms. The average molecular weight is 316 g/mol. The molecule has 1 aromatic heterocycles. The summed E-state index contributed by atoms with van der Waals surface area (Å²) in [5.74, 6) is 0.680. The molecular formula is C23H26N+. The van der Waals surface area contributed by atoms with Crippen LogP contribution in [0.4, 0.5) is 0 Å². The maximum atomic E-state index is 2.31. The summed E-state index contributed by atoms with van der Waals surface area (Å²) in [5, 5.41) is 0. The van der Waals surface area contributed by atoms with Crippen molar-refractivity contribution in [1.29, 1.82) is 0 Å². The van der Waals surface area contributed by atoms with E-state index in [-0.39, 0.29) is 0 Å². The number of nitrogens with zero attached hydrogens (tertiary/aromatic N) is 1. The third kappa shape index (κ3) is 3.56. The van der Waals surface area contributed by atoms with Crippen LogP contribution in [0.1, 0.15) is 25.0 Å². The van der Waals surface area contributed by atoms with E-state index in [1.807, 2.05) is 0 Å². The molecule has 3 aromatic rings. The van der Waals surface area contributed by atoms with Crippen molar-refractivity contribution < 1.29 is 4.57 Å². The van der Waals surface area contributed by atoms with Crippen LogP contribution in [-0.2, 0) is 13.5 Å². The molecule has 0 N–H and O–H groups in total. The SMILES string of the molecule is Cc1ccc(-c2ccccc2)cc1-c1ccc(CC(C)C)c[n+]1C. The zero-order valence-corrected chi connectivity index (χ0v) is 15.1. The van der Waals surface area contributed by atoms with Gasteiger partial charge in [0, 0.05) is 17.2 Å². The van der Waals surface area contributed by atoms with E-state index in [2.05, 4.69) is 99.2 Å². The molecule has 1 nitrogen and oxygen atoms in total. The molecule has 0 aliphatic heterocycles. The highest BCUT2D eigenvalue weighted by atomic mass is 14.9. The van der Waals surface area contributed by atoms with Gasteiger partial charge in [-0.3, -0.25) is 0 Å². The van der Waals surface area contributed by atoms with Gasteiger partial charge in [0.2, 0.25) is 5.69 Å². The smallest absolute Gasteiger partial charge is 0.201 e. The fourth-order valence-electron chi connectivity index (χ4n) is 3.24. The third-order valence-electron chi connectivity index (χ3n) is 4.46. The predicted octanol–water partition coefficient (Wildman–Crippen LogP) is 5.35. The Hall–Kier alpha value is -2.41. The lowest BCUT2D eigenvalue weighted by molar-refractivity contribution is -0.660. The lowest BCUT2D eigenvalue weighted by Gasteiger charge is -2.10. The molecule has 0 radical (unpaired) electrons. The van der Waals surface area contributed by atoms with Crippen LogP contribution in [0.3, 0.4) is 0 Å². The van der Waals surface area contributed by atoms with E-state index >= 15 is 0 Å². The molecule has 0 aliphatic rings. The maximum Gasteiger partial charge on any atom is 0.212 e. The Morgan fingerprint density at radius 1 is 0.875 bits per heavy atom. The van der Waals surface area contributed by atoms with Gasteiger partial charge in [-0.05, 0) is 48.1 Å². The van der Waals surface area contributed by atoms with Crippen LogP contribution < -0.4 is 4.57 Å². The Bertz CT molecular complexity index is 832. The summed E-state index contributed by atoms with van der Waals surface area (Å²) in [6.07, 6.45) is 3.39. The Kier molecular flexibility index (Phi) is 4.80. The number of benzene rings is 2. The van der Waals surface area contributed by atoms with Gasteiger partial charge in [0.05, 0.1) is 0 Å². The van der Waals surface area contributed by atoms with Gasteiger partial charge in [0.15, 0.2) is 6.20 Å². The normalized spacial score (nSPS) is 11.0. The summed E-state index contributed by atoms with van der Waals surface area (Å²) >= 11 is 0. The molecular weight excluding hydrogens is 290 g/mol. The molecule has 1 heterocycles. The van der Waals surface area contributed by atoms with E-state index in [9.17, 15) is 0 Å². The molecule has 0 saturated carbocycles. The van der Waals surface area contributed by atoms with Crippen molar-refractivity contribution in [3.63, 3.8) is 0 Å². The minimum atomic E-state index is 0.680. The number of hydrogen-bond acceptors (Lipinski definition) is 0. The molecule has 122 valence electrons. The van der Waals surface area contributed by atoms with Gasteiger partial charge < -0.3 is 0 Å². The highest BCUT2D eigenvalue weighted by Gasteiger charge is 2.14. The van der Waals surface area contributed by atoms with E-state index < -0.39 is 0 Å². The van der Waals surface area contributed by atoms with Gasteiger partial charge in [-0.25, -0.2) is 4.57 Å². The number of aryl methyl sites for hydroxylation is 2. The number of hydrogen-bond donors (Lipinski definition) is 0. The second-order valence-corrected chi connectivity index (χ2v) is 7.03. The first-order valence-electron chi connectivity index (χ1n) is 8.69. The molecule has 0 fully saturated rings. The minimum absolute atomic E-state index is 0.680. The van der Waals surface area contributed by atoms with Gasteiger partial charge in [-0.2, -0.15) is 0 Å². The minimum Gasteiger partial charge on any atom is -0.201 e. The second kappa shape index (κ2) is 7.00. The first-order chi connectivity index (χ1) is 11.5. The number of aromatic nitrogens is 1. The van der Waals surface area contributed by atoms with Crippen LogP contribution in [-0.4, -0.2) is 0 Å². The monoisotopic (exact) mass is 316 g/mol. The van der Waals surface area contributed by atoms with Crippen molar-refractivity contribution in [2.75, 3.05) is 0 Å². The van der Waals surface area contributed by atoms with Crippen LogP contribution in [0, 0.1) is 12.8 Å². The van der Waals surface area contributed by atoms with E-state index in [0.717, 1.165) is 6.42 Å².